The average molecular weight is 415 g/mol. The van der Waals surface area contributed by atoms with Gasteiger partial charge in [0.05, 0.1) is 6.04 Å². The van der Waals surface area contributed by atoms with Gasteiger partial charge in [-0.05, 0) is 36.6 Å². The van der Waals surface area contributed by atoms with E-state index in [1.165, 1.54) is 19.3 Å². The molecule has 0 fully saturated rings. The lowest BCUT2D eigenvalue weighted by atomic mass is 10.0. The average Bonchev–Trinajstić information content (AvgIpc) is 2.80. The molecule has 0 unspecified atom stereocenters. The number of nitrogens with one attached hydrogen (secondary N) is 2. The summed E-state index contributed by atoms with van der Waals surface area (Å²) in [5.41, 5.74) is 2.26. The molecule has 158 valence electrons. The fourth-order valence-electron chi connectivity index (χ4n) is 3.22. The molecule has 2 atom stereocenters. The SMILES string of the molecule is CC(=O)[C@H](Cc1ccccc1)NC(=O)[C@H](Cc1ccccc1)NC(=O)c1ccncc1. The zero-order valence-electron chi connectivity index (χ0n) is 17.3. The maximum absolute atomic E-state index is 13.1. The molecule has 6 heteroatoms. The molecule has 2 N–H and O–H groups in total. The smallest absolute Gasteiger partial charge is 0.252 e. The Kier molecular flexibility index (Phi) is 7.65. The first-order chi connectivity index (χ1) is 15.0. The van der Waals surface area contributed by atoms with E-state index in [0.29, 0.717) is 18.4 Å². The minimum atomic E-state index is -0.833. The number of pyridine rings is 1. The molecular formula is C25H25N3O3. The Balaban J connectivity index is 1.76. The number of hydrogen-bond acceptors (Lipinski definition) is 4. The normalized spacial score (nSPS) is 12.4. The van der Waals surface area contributed by atoms with Crippen molar-refractivity contribution in [1.29, 1.82) is 0 Å². The molecule has 2 aromatic carbocycles. The predicted molar refractivity (Wildman–Crippen MR) is 118 cm³/mol. The molecule has 0 radical (unpaired) electrons. The number of hydrogen-bond donors (Lipinski definition) is 2. The molecule has 3 aromatic rings. The standard InChI is InChI=1S/C25H25N3O3/c1-18(29)22(16-19-8-4-2-5-9-19)27-25(31)23(17-20-10-6-3-7-11-20)28-24(30)21-12-14-26-15-13-21/h2-15,22-23H,16-17H2,1H3,(H,27,31)(H,28,30)/t22-,23-/m0/s1. The van der Waals surface area contributed by atoms with E-state index in [4.69, 9.17) is 0 Å². The minimum Gasteiger partial charge on any atom is -0.344 e. The first-order valence-electron chi connectivity index (χ1n) is 10.1. The summed E-state index contributed by atoms with van der Waals surface area (Å²) in [7, 11) is 0. The topological polar surface area (TPSA) is 88.2 Å². The molecule has 3 rings (SSSR count). The zero-order valence-corrected chi connectivity index (χ0v) is 17.3. The van der Waals surface area contributed by atoms with Crippen molar-refractivity contribution in [3.8, 4) is 0 Å². The van der Waals surface area contributed by atoms with Crippen molar-refractivity contribution < 1.29 is 14.4 Å². The van der Waals surface area contributed by atoms with Gasteiger partial charge in [-0.2, -0.15) is 0 Å². The zero-order chi connectivity index (χ0) is 22.1. The molecule has 1 heterocycles. The lowest BCUT2D eigenvalue weighted by Gasteiger charge is -2.22. The summed E-state index contributed by atoms with van der Waals surface area (Å²) < 4.78 is 0. The molecule has 0 aliphatic rings. The number of carbonyl (C=O) groups excluding carboxylic acids is 3. The molecule has 0 aliphatic heterocycles. The van der Waals surface area contributed by atoms with E-state index in [0.717, 1.165) is 11.1 Å². The first kappa shape index (κ1) is 21.9. The van der Waals surface area contributed by atoms with Crippen molar-refractivity contribution in [3.63, 3.8) is 0 Å². The molecule has 0 bridgehead atoms. The van der Waals surface area contributed by atoms with Crippen LogP contribution in [0.4, 0.5) is 0 Å². The number of Topliss-reactive ketones (excluding diaryl/α,β-unsaturated/α-hetero) is 1. The molecular weight excluding hydrogens is 390 g/mol. The third kappa shape index (κ3) is 6.60. The maximum Gasteiger partial charge on any atom is 0.252 e. The van der Waals surface area contributed by atoms with Crippen LogP contribution in [0.1, 0.15) is 28.4 Å². The highest BCUT2D eigenvalue weighted by Crippen LogP contribution is 2.08. The van der Waals surface area contributed by atoms with Crippen molar-refractivity contribution in [1.82, 2.24) is 15.6 Å². The molecule has 0 saturated heterocycles. The molecule has 0 spiro atoms. The second-order valence-corrected chi connectivity index (χ2v) is 7.31. The van der Waals surface area contributed by atoms with Crippen LogP contribution in [0, 0.1) is 0 Å². The fourth-order valence-corrected chi connectivity index (χ4v) is 3.22. The van der Waals surface area contributed by atoms with Gasteiger partial charge in [-0.3, -0.25) is 19.4 Å². The lowest BCUT2D eigenvalue weighted by Crippen LogP contribution is -2.52. The molecule has 2 amide bonds. The van der Waals surface area contributed by atoms with Crippen LogP contribution >= 0.6 is 0 Å². The van der Waals surface area contributed by atoms with Crippen LogP contribution in [-0.4, -0.2) is 34.7 Å². The van der Waals surface area contributed by atoms with Crippen LogP contribution in [0.15, 0.2) is 85.2 Å². The summed E-state index contributed by atoms with van der Waals surface area (Å²) in [6.07, 6.45) is 3.73. The lowest BCUT2D eigenvalue weighted by molar-refractivity contribution is -0.128. The maximum atomic E-state index is 13.1. The molecule has 0 saturated carbocycles. The van der Waals surface area contributed by atoms with Gasteiger partial charge >= 0.3 is 0 Å². The third-order valence-electron chi connectivity index (χ3n) is 4.94. The van der Waals surface area contributed by atoms with Crippen LogP contribution < -0.4 is 10.6 Å². The van der Waals surface area contributed by atoms with E-state index in [1.54, 1.807) is 12.1 Å². The second-order valence-electron chi connectivity index (χ2n) is 7.31. The Morgan fingerprint density at radius 3 is 1.77 bits per heavy atom. The largest absolute Gasteiger partial charge is 0.344 e. The van der Waals surface area contributed by atoms with Gasteiger partial charge in [0.1, 0.15) is 6.04 Å². The number of rotatable bonds is 9. The van der Waals surface area contributed by atoms with Gasteiger partial charge in [-0.15, -0.1) is 0 Å². The molecule has 6 nitrogen and oxygen atoms in total. The molecule has 0 aliphatic carbocycles. The number of benzene rings is 2. The summed E-state index contributed by atoms with van der Waals surface area (Å²) in [5.74, 6) is -0.917. The summed E-state index contributed by atoms with van der Waals surface area (Å²) in [4.78, 5) is 41.9. The van der Waals surface area contributed by atoms with E-state index in [9.17, 15) is 14.4 Å². The number of ketones is 1. The van der Waals surface area contributed by atoms with Crippen molar-refractivity contribution in [2.24, 2.45) is 0 Å². The number of aromatic nitrogens is 1. The van der Waals surface area contributed by atoms with E-state index >= 15 is 0 Å². The van der Waals surface area contributed by atoms with Gasteiger partial charge < -0.3 is 10.6 Å². The van der Waals surface area contributed by atoms with Gasteiger partial charge in [0, 0.05) is 24.4 Å². The quantitative estimate of drug-likeness (QED) is 0.563. The third-order valence-corrected chi connectivity index (χ3v) is 4.94. The van der Waals surface area contributed by atoms with Gasteiger partial charge in [-0.25, -0.2) is 0 Å². The number of nitrogens with zero attached hydrogens (tertiary/aromatic N) is 1. The van der Waals surface area contributed by atoms with Crippen LogP contribution in [0.3, 0.4) is 0 Å². The van der Waals surface area contributed by atoms with Gasteiger partial charge in [0.25, 0.3) is 5.91 Å². The van der Waals surface area contributed by atoms with Gasteiger partial charge in [0.15, 0.2) is 5.78 Å². The molecule has 1 aromatic heterocycles. The predicted octanol–water partition coefficient (Wildman–Crippen LogP) is 2.74. The summed E-state index contributed by atoms with van der Waals surface area (Å²) in [5, 5.41) is 5.63. The van der Waals surface area contributed by atoms with E-state index < -0.39 is 18.0 Å². The summed E-state index contributed by atoms with van der Waals surface area (Å²) >= 11 is 0. The Morgan fingerprint density at radius 2 is 1.26 bits per heavy atom. The second kappa shape index (κ2) is 10.8. The van der Waals surface area contributed by atoms with Crippen molar-refractivity contribution in [3.05, 3.63) is 102 Å². The highest BCUT2D eigenvalue weighted by Gasteiger charge is 2.26. The Labute approximate surface area is 181 Å². The highest BCUT2D eigenvalue weighted by molar-refractivity contribution is 5.98. The Morgan fingerprint density at radius 1 is 0.742 bits per heavy atom. The first-order valence-corrected chi connectivity index (χ1v) is 10.1. The Hall–Kier alpha value is -3.80. The van der Waals surface area contributed by atoms with E-state index in [1.807, 2.05) is 60.7 Å². The van der Waals surface area contributed by atoms with Crippen LogP contribution in [0.5, 0.6) is 0 Å². The van der Waals surface area contributed by atoms with Crippen LogP contribution in [-0.2, 0) is 22.4 Å². The number of amides is 2. The van der Waals surface area contributed by atoms with Crippen LogP contribution in [0.2, 0.25) is 0 Å². The minimum absolute atomic E-state index is 0.142. The van der Waals surface area contributed by atoms with Gasteiger partial charge in [0.2, 0.25) is 5.91 Å². The summed E-state index contributed by atoms with van der Waals surface area (Å²) in [6.45, 7) is 1.45. The van der Waals surface area contributed by atoms with Crippen LogP contribution in [0.25, 0.3) is 0 Å². The highest BCUT2D eigenvalue weighted by atomic mass is 16.2. The van der Waals surface area contributed by atoms with Crippen molar-refractivity contribution in [2.75, 3.05) is 0 Å². The Bertz CT molecular complexity index is 1010. The fraction of sp³-hybridized carbons (Fsp3) is 0.200. The molecule has 31 heavy (non-hydrogen) atoms. The van der Waals surface area contributed by atoms with Gasteiger partial charge in [-0.1, -0.05) is 60.7 Å². The van der Waals surface area contributed by atoms with Crippen molar-refractivity contribution >= 4 is 17.6 Å². The van der Waals surface area contributed by atoms with Crippen molar-refractivity contribution in [2.45, 2.75) is 31.8 Å². The monoisotopic (exact) mass is 415 g/mol. The van der Waals surface area contributed by atoms with E-state index in [2.05, 4.69) is 15.6 Å². The summed E-state index contributed by atoms with van der Waals surface area (Å²) in [6, 6.07) is 20.6. The van der Waals surface area contributed by atoms with E-state index in [-0.39, 0.29) is 11.7 Å². The number of carbonyl (C=O) groups is 3.